The lowest BCUT2D eigenvalue weighted by Gasteiger charge is -2.39. The van der Waals surface area contributed by atoms with Crippen LogP contribution >= 0.6 is 0 Å². The molecule has 5 aliphatic rings. The molecule has 1 aliphatic heterocycles. The molecule has 40 heavy (non-hydrogen) atoms. The largest absolute Gasteiger partial charge is 0.463 e. The van der Waals surface area contributed by atoms with Crippen molar-refractivity contribution in [3.05, 3.63) is 5.82 Å². The molecule has 1 spiro atoms. The number of rotatable bonds is 6. The quantitative estimate of drug-likeness (QED) is 0.344. The molecule has 11 nitrogen and oxygen atoms in total. The zero-order valence-electron chi connectivity index (χ0n) is 23.7. The van der Waals surface area contributed by atoms with Gasteiger partial charge in [0.25, 0.3) is 0 Å². The van der Waals surface area contributed by atoms with Crippen molar-refractivity contribution in [2.45, 2.75) is 109 Å². The molecular formula is C29H42N8O3. The molecule has 11 heteroatoms. The molecule has 4 atom stereocenters. The average Bonchev–Trinajstić information content (AvgIpc) is 3.21. The average molecular weight is 551 g/mol. The number of nitrogens with zero attached hydrogens (tertiary/aromatic N) is 6. The summed E-state index contributed by atoms with van der Waals surface area (Å²) >= 11 is 0. The molecular weight excluding hydrogens is 508 g/mol. The Morgan fingerprint density at radius 2 is 1.93 bits per heavy atom. The summed E-state index contributed by atoms with van der Waals surface area (Å²) < 4.78 is 8.62. The first-order chi connectivity index (χ1) is 19.3. The van der Waals surface area contributed by atoms with Gasteiger partial charge < -0.3 is 30.4 Å². The van der Waals surface area contributed by atoms with Gasteiger partial charge in [0.05, 0.1) is 18.8 Å². The van der Waals surface area contributed by atoms with Gasteiger partial charge in [0, 0.05) is 18.6 Å². The Balaban J connectivity index is 1.38. The van der Waals surface area contributed by atoms with Crippen LogP contribution in [0.4, 0.5) is 16.6 Å². The maximum Gasteiger partial charge on any atom is 0.433 e. The minimum atomic E-state index is -1.36. The molecule has 0 aromatic carbocycles. The van der Waals surface area contributed by atoms with Gasteiger partial charge in [0.2, 0.25) is 5.95 Å². The number of carboxylic acid groups (broad SMARTS) is 1. The number of nitrogens with one attached hydrogen (secondary N) is 1. The second-order valence-electron chi connectivity index (χ2n) is 13.1. The number of carbonyl (C=O) groups is 1. The number of hydrogen-bond acceptors (Lipinski definition) is 7. The van der Waals surface area contributed by atoms with E-state index in [-0.39, 0.29) is 23.8 Å². The molecule has 5 fully saturated rings. The van der Waals surface area contributed by atoms with Gasteiger partial charge in [0.15, 0.2) is 23.1 Å². The summed E-state index contributed by atoms with van der Waals surface area (Å²) in [6.07, 6.45) is 12.0. The fraction of sp³-hybridized carbons (Fsp3) is 0.759. The molecule has 4 N–H and O–H groups in total. The van der Waals surface area contributed by atoms with Crippen LogP contribution in [0.5, 0.6) is 0 Å². The third kappa shape index (κ3) is 4.40. The van der Waals surface area contributed by atoms with Crippen molar-refractivity contribution in [2.24, 2.45) is 28.0 Å². The van der Waals surface area contributed by atoms with Gasteiger partial charge in [-0.15, -0.1) is 0 Å². The van der Waals surface area contributed by atoms with E-state index in [2.05, 4.69) is 33.6 Å². The predicted molar refractivity (Wildman–Crippen MR) is 153 cm³/mol. The number of aromatic nitrogens is 4. The SMILES string of the molecule is CC1CCC2(CC1)CC2n1c(N2CCOC3CCCC32)nc2nc(/C(N)=N/C(=O)O)nc(N[C@H](C)C3CCC3)c21. The topological polar surface area (TPSA) is 144 Å². The first-order valence-corrected chi connectivity index (χ1v) is 15.4. The normalized spacial score (nSPS) is 33.1. The van der Waals surface area contributed by atoms with Crippen LogP contribution in [0, 0.1) is 17.3 Å². The van der Waals surface area contributed by atoms with E-state index in [1.165, 1.54) is 44.9 Å². The number of fused-ring (bicyclic) bond motifs is 2. The Morgan fingerprint density at radius 3 is 2.65 bits per heavy atom. The number of anilines is 2. The first kappa shape index (κ1) is 26.0. The molecule has 3 unspecified atom stereocenters. The standard InChI is InChI=1S/C29H42N8O3/c1-16-9-11-29(12-10-16)15-21(29)37-22-24(31-17(2)18-5-3-6-18)33-26(23(30)32-28(38)39)34-25(22)35-27(37)36-13-14-40-20-8-4-7-19(20)36/h16-21H,3-15H2,1-2H3,(H2,30,32)(H,38,39)(H,31,33,34)/t16?,17-,19?,20?,21?,29?/m1/s1. The van der Waals surface area contributed by atoms with Crippen molar-refractivity contribution >= 4 is 34.9 Å². The van der Waals surface area contributed by atoms with E-state index < -0.39 is 6.09 Å². The van der Waals surface area contributed by atoms with Crippen LogP contribution in [-0.2, 0) is 4.74 Å². The monoisotopic (exact) mass is 550 g/mol. The summed E-state index contributed by atoms with van der Waals surface area (Å²) in [5, 5.41) is 13.0. The molecule has 3 heterocycles. The highest BCUT2D eigenvalue weighted by molar-refractivity contribution is 6.01. The second-order valence-corrected chi connectivity index (χ2v) is 13.1. The van der Waals surface area contributed by atoms with Gasteiger partial charge in [-0.2, -0.15) is 9.98 Å². The molecule has 1 saturated heterocycles. The van der Waals surface area contributed by atoms with Gasteiger partial charge in [-0.25, -0.2) is 14.8 Å². The van der Waals surface area contributed by atoms with Crippen LogP contribution in [-0.4, -0.2) is 67.9 Å². The molecule has 0 radical (unpaired) electrons. The summed E-state index contributed by atoms with van der Waals surface area (Å²) in [7, 11) is 0. The second kappa shape index (κ2) is 9.85. The van der Waals surface area contributed by atoms with Gasteiger partial charge in [0.1, 0.15) is 5.52 Å². The zero-order valence-corrected chi connectivity index (χ0v) is 23.7. The van der Waals surface area contributed by atoms with E-state index in [1.54, 1.807) is 0 Å². The lowest BCUT2D eigenvalue weighted by Crippen LogP contribution is -2.49. The zero-order chi connectivity index (χ0) is 27.6. The van der Waals surface area contributed by atoms with Crippen molar-refractivity contribution in [3.8, 4) is 0 Å². The van der Waals surface area contributed by atoms with E-state index >= 15 is 0 Å². The minimum absolute atomic E-state index is 0.104. The highest BCUT2D eigenvalue weighted by Gasteiger charge is 2.57. The molecule has 1 amide bonds. The van der Waals surface area contributed by atoms with Crippen molar-refractivity contribution in [2.75, 3.05) is 23.4 Å². The Morgan fingerprint density at radius 1 is 1.15 bits per heavy atom. The first-order valence-electron chi connectivity index (χ1n) is 15.4. The molecule has 216 valence electrons. The summed E-state index contributed by atoms with van der Waals surface area (Å²) in [6.45, 7) is 6.07. The lowest BCUT2D eigenvalue weighted by atomic mass is 9.80. The maximum absolute atomic E-state index is 11.3. The Hall–Kier alpha value is -2.95. The summed E-state index contributed by atoms with van der Waals surface area (Å²) in [5.74, 6) is 2.90. The number of ether oxygens (including phenoxy) is 1. The van der Waals surface area contributed by atoms with Crippen LogP contribution < -0.4 is 16.0 Å². The summed E-state index contributed by atoms with van der Waals surface area (Å²) in [6, 6.07) is 0.874. The number of aliphatic imine (C=N–C) groups is 1. The Bertz CT molecular complexity index is 1330. The fourth-order valence-corrected chi connectivity index (χ4v) is 7.87. The number of hydrogen-bond donors (Lipinski definition) is 3. The van der Waals surface area contributed by atoms with Crippen LogP contribution in [0.1, 0.15) is 96.3 Å². The fourth-order valence-electron chi connectivity index (χ4n) is 7.87. The Kier molecular flexibility index (Phi) is 6.40. The van der Waals surface area contributed by atoms with Gasteiger partial charge in [-0.1, -0.05) is 26.2 Å². The third-order valence-electron chi connectivity index (χ3n) is 10.7. The lowest BCUT2D eigenvalue weighted by molar-refractivity contribution is 0.0247. The number of amides is 1. The van der Waals surface area contributed by atoms with Gasteiger partial charge >= 0.3 is 6.09 Å². The van der Waals surface area contributed by atoms with E-state index in [1.807, 2.05) is 0 Å². The van der Waals surface area contributed by atoms with Crippen LogP contribution in [0.2, 0.25) is 0 Å². The van der Waals surface area contributed by atoms with Crippen molar-refractivity contribution < 1.29 is 14.6 Å². The predicted octanol–water partition coefficient (Wildman–Crippen LogP) is 4.71. The number of nitrogens with two attached hydrogens (primary N) is 1. The van der Waals surface area contributed by atoms with Gasteiger partial charge in [-0.3, -0.25) is 0 Å². The van der Waals surface area contributed by atoms with Crippen LogP contribution in [0.15, 0.2) is 4.99 Å². The molecule has 0 bridgehead atoms. The molecule has 2 aromatic rings. The minimum Gasteiger partial charge on any atom is -0.463 e. The molecule has 4 saturated carbocycles. The number of morpholine rings is 1. The van der Waals surface area contributed by atoms with Crippen molar-refractivity contribution in [3.63, 3.8) is 0 Å². The molecule has 7 rings (SSSR count). The highest BCUT2D eigenvalue weighted by Crippen LogP contribution is 2.66. The molecule has 2 aromatic heterocycles. The smallest absolute Gasteiger partial charge is 0.433 e. The van der Waals surface area contributed by atoms with Crippen molar-refractivity contribution in [1.82, 2.24) is 19.5 Å². The number of amidine groups is 1. The van der Waals surface area contributed by atoms with Gasteiger partial charge in [-0.05, 0) is 75.5 Å². The number of imidazole rings is 1. The van der Waals surface area contributed by atoms with Crippen LogP contribution in [0.3, 0.4) is 0 Å². The Labute approximate surface area is 235 Å². The third-order valence-corrected chi connectivity index (χ3v) is 10.7. The summed E-state index contributed by atoms with van der Waals surface area (Å²) in [4.78, 5) is 32.1. The maximum atomic E-state index is 11.3. The van der Waals surface area contributed by atoms with E-state index in [4.69, 9.17) is 25.4 Å². The van der Waals surface area contributed by atoms with E-state index in [9.17, 15) is 9.90 Å². The van der Waals surface area contributed by atoms with E-state index in [0.29, 0.717) is 41.5 Å². The van der Waals surface area contributed by atoms with E-state index in [0.717, 1.165) is 49.6 Å². The van der Waals surface area contributed by atoms with Crippen molar-refractivity contribution in [1.29, 1.82) is 0 Å². The highest BCUT2D eigenvalue weighted by atomic mass is 16.5. The van der Waals surface area contributed by atoms with Crippen LogP contribution in [0.25, 0.3) is 11.2 Å². The summed E-state index contributed by atoms with van der Waals surface area (Å²) in [5.41, 5.74) is 7.86. The molecule has 4 aliphatic carbocycles.